The van der Waals surface area contributed by atoms with Crippen molar-refractivity contribution in [2.45, 2.75) is 50.1 Å². The minimum Gasteiger partial charge on any atom is -0.387 e. The van der Waals surface area contributed by atoms with Gasteiger partial charge in [0.15, 0.2) is 0 Å². The van der Waals surface area contributed by atoms with Crippen LogP contribution < -0.4 is 4.72 Å². The van der Waals surface area contributed by atoms with Crippen molar-refractivity contribution in [3.63, 3.8) is 0 Å². The van der Waals surface area contributed by atoms with Crippen molar-refractivity contribution < 1.29 is 13.5 Å². The van der Waals surface area contributed by atoms with Crippen molar-refractivity contribution >= 4 is 10.0 Å². The van der Waals surface area contributed by atoms with Gasteiger partial charge in [-0.25, -0.2) is 13.1 Å². The van der Waals surface area contributed by atoms with Gasteiger partial charge in [0.1, 0.15) is 0 Å². The molecule has 3 unspecified atom stereocenters. The molecular weight excluding hydrogens is 300 g/mol. The highest BCUT2D eigenvalue weighted by molar-refractivity contribution is 7.90. The molecule has 3 rings (SSSR count). The maximum absolute atomic E-state index is 12.3. The number of hydrogen-bond acceptors (Lipinski definition) is 4. The van der Waals surface area contributed by atoms with Crippen LogP contribution in [0.15, 0.2) is 24.3 Å². The molecule has 1 aromatic rings. The number of nitrogens with zero attached hydrogens (tertiary/aromatic N) is 1. The summed E-state index contributed by atoms with van der Waals surface area (Å²) in [5.74, 6) is 0. The van der Waals surface area contributed by atoms with Gasteiger partial charge in [0, 0.05) is 18.6 Å². The molecule has 0 bridgehead atoms. The Labute approximate surface area is 132 Å². The van der Waals surface area contributed by atoms with Gasteiger partial charge in [0.05, 0.1) is 11.4 Å². The Bertz CT molecular complexity index is 645. The molecule has 0 spiro atoms. The standard InChI is InChI=1S/C16H24N2O3S/c1-11(2)17-22(20,21)13-7-8-18(10-13)15-9-12-5-3-4-6-14(12)16(15)19/h3-6,11,13,15-17,19H,7-10H2,1-2H3. The number of hydrogen-bond donors (Lipinski definition) is 2. The fraction of sp³-hybridized carbons (Fsp3) is 0.625. The second-order valence-electron chi connectivity index (χ2n) is 6.64. The predicted molar refractivity (Wildman–Crippen MR) is 86.1 cm³/mol. The molecule has 1 aliphatic carbocycles. The molecule has 122 valence electrons. The minimum absolute atomic E-state index is 0.00310. The molecule has 6 heteroatoms. The van der Waals surface area contributed by atoms with Crippen LogP contribution in [-0.2, 0) is 16.4 Å². The Balaban J connectivity index is 1.70. The van der Waals surface area contributed by atoms with Crippen molar-refractivity contribution in [1.82, 2.24) is 9.62 Å². The van der Waals surface area contributed by atoms with E-state index in [9.17, 15) is 13.5 Å². The molecule has 22 heavy (non-hydrogen) atoms. The number of fused-ring (bicyclic) bond motifs is 1. The first-order valence-corrected chi connectivity index (χ1v) is 9.44. The van der Waals surface area contributed by atoms with Crippen LogP contribution in [0.5, 0.6) is 0 Å². The van der Waals surface area contributed by atoms with Crippen molar-refractivity contribution in [2.75, 3.05) is 13.1 Å². The number of likely N-dealkylation sites (tertiary alicyclic amines) is 1. The van der Waals surface area contributed by atoms with E-state index in [-0.39, 0.29) is 17.3 Å². The number of sulfonamides is 1. The third-order valence-electron chi connectivity index (χ3n) is 4.65. The average molecular weight is 324 g/mol. The van der Waals surface area contributed by atoms with E-state index in [1.807, 2.05) is 38.1 Å². The molecule has 1 saturated heterocycles. The van der Waals surface area contributed by atoms with E-state index in [0.717, 1.165) is 18.5 Å². The number of benzene rings is 1. The lowest BCUT2D eigenvalue weighted by atomic mass is 10.1. The van der Waals surface area contributed by atoms with Crippen molar-refractivity contribution in [2.24, 2.45) is 0 Å². The highest BCUT2D eigenvalue weighted by atomic mass is 32.2. The van der Waals surface area contributed by atoms with Crippen LogP contribution in [0.25, 0.3) is 0 Å². The largest absolute Gasteiger partial charge is 0.387 e. The van der Waals surface area contributed by atoms with Crippen LogP contribution >= 0.6 is 0 Å². The van der Waals surface area contributed by atoms with E-state index in [4.69, 9.17) is 0 Å². The Morgan fingerprint density at radius 2 is 2.05 bits per heavy atom. The lowest BCUT2D eigenvalue weighted by molar-refractivity contribution is 0.0751. The lowest BCUT2D eigenvalue weighted by Gasteiger charge is -2.27. The summed E-state index contributed by atoms with van der Waals surface area (Å²) in [4.78, 5) is 2.13. The molecule has 1 aliphatic heterocycles. The van der Waals surface area contributed by atoms with E-state index >= 15 is 0 Å². The van der Waals surface area contributed by atoms with Crippen LogP contribution in [0, 0.1) is 0 Å². The fourth-order valence-corrected chi connectivity index (χ4v) is 5.27. The summed E-state index contributed by atoms with van der Waals surface area (Å²) in [6.07, 6.45) is 0.902. The molecule has 1 fully saturated rings. The number of rotatable bonds is 4. The maximum atomic E-state index is 12.3. The summed E-state index contributed by atoms with van der Waals surface area (Å²) < 4.78 is 27.3. The van der Waals surface area contributed by atoms with Gasteiger partial charge in [-0.1, -0.05) is 24.3 Å². The summed E-state index contributed by atoms with van der Waals surface area (Å²) in [5, 5.41) is 10.1. The third kappa shape index (κ3) is 2.93. The molecule has 1 heterocycles. The van der Waals surface area contributed by atoms with Crippen LogP contribution in [0.3, 0.4) is 0 Å². The van der Waals surface area contributed by atoms with Gasteiger partial charge in [-0.05, 0) is 44.4 Å². The van der Waals surface area contributed by atoms with E-state index < -0.39 is 16.1 Å². The lowest BCUT2D eigenvalue weighted by Crippen LogP contribution is -2.42. The first-order chi connectivity index (χ1) is 10.4. The van der Waals surface area contributed by atoms with Gasteiger partial charge in [0.25, 0.3) is 0 Å². The fourth-order valence-electron chi connectivity index (χ4n) is 3.61. The number of aliphatic hydroxyl groups excluding tert-OH is 1. The first-order valence-electron chi connectivity index (χ1n) is 7.89. The van der Waals surface area contributed by atoms with Crippen molar-refractivity contribution in [3.05, 3.63) is 35.4 Å². The SMILES string of the molecule is CC(C)NS(=O)(=O)C1CCN(C2Cc3ccccc3C2O)C1. The summed E-state index contributed by atoms with van der Waals surface area (Å²) in [5.41, 5.74) is 2.16. The van der Waals surface area contributed by atoms with Crippen LogP contribution in [0.4, 0.5) is 0 Å². The van der Waals surface area contributed by atoms with Crippen LogP contribution in [0.1, 0.15) is 37.5 Å². The highest BCUT2D eigenvalue weighted by Crippen LogP contribution is 2.36. The minimum atomic E-state index is -3.28. The summed E-state index contributed by atoms with van der Waals surface area (Å²) in [7, 11) is -3.28. The zero-order valence-corrected chi connectivity index (χ0v) is 13.9. The second-order valence-corrected chi connectivity index (χ2v) is 8.63. The summed E-state index contributed by atoms with van der Waals surface area (Å²) in [6, 6.07) is 7.84. The normalized spacial score (nSPS) is 29.2. The van der Waals surface area contributed by atoms with Gasteiger partial charge in [0.2, 0.25) is 10.0 Å². The maximum Gasteiger partial charge on any atom is 0.216 e. The van der Waals surface area contributed by atoms with Crippen molar-refractivity contribution in [3.8, 4) is 0 Å². The highest BCUT2D eigenvalue weighted by Gasteiger charge is 2.41. The van der Waals surface area contributed by atoms with Crippen molar-refractivity contribution in [1.29, 1.82) is 0 Å². The Hall–Kier alpha value is -0.950. The van der Waals surface area contributed by atoms with Gasteiger partial charge in [-0.15, -0.1) is 0 Å². The molecule has 0 aromatic heterocycles. The molecule has 2 N–H and O–H groups in total. The molecule has 2 aliphatic rings. The molecule has 1 aromatic carbocycles. The van der Waals surface area contributed by atoms with Gasteiger partial charge < -0.3 is 5.11 Å². The Morgan fingerprint density at radius 3 is 2.73 bits per heavy atom. The van der Waals surface area contributed by atoms with Gasteiger partial charge >= 0.3 is 0 Å². The zero-order chi connectivity index (χ0) is 15.9. The van der Waals surface area contributed by atoms with Gasteiger partial charge in [-0.2, -0.15) is 0 Å². The Kier molecular flexibility index (Phi) is 4.29. The summed E-state index contributed by atoms with van der Waals surface area (Å²) in [6.45, 7) is 4.89. The van der Waals surface area contributed by atoms with E-state index in [1.165, 1.54) is 5.56 Å². The van der Waals surface area contributed by atoms with Gasteiger partial charge in [-0.3, -0.25) is 4.90 Å². The zero-order valence-electron chi connectivity index (χ0n) is 13.1. The smallest absolute Gasteiger partial charge is 0.216 e. The van der Waals surface area contributed by atoms with Crippen LogP contribution in [-0.4, -0.2) is 48.8 Å². The predicted octanol–water partition coefficient (Wildman–Crippen LogP) is 1.05. The molecule has 0 radical (unpaired) electrons. The molecular formula is C16H24N2O3S. The first kappa shape index (κ1) is 15.9. The third-order valence-corrected chi connectivity index (χ3v) is 6.71. The van der Waals surface area contributed by atoms with E-state index in [1.54, 1.807) is 0 Å². The topological polar surface area (TPSA) is 69.6 Å². The quantitative estimate of drug-likeness (QED) is 0.868. The Morgan fingerprint density at radius 1 is 1.32 bits per heavy atom. The number of nitrogens with one attached hydrogen (secondary N) is 1. The van der Waals surface area contributed by atoms with Crippen LogP contribution in [0.2, 0.25) is 0 Å². The molecule has 0 amide bonds. The van der Waals surface area contributed by atoms with E-state index in [0.29, 0.717) is 13.0 Å². The van der Waals surface area contributed by atoms with E-state index in [2.05, 4.69) is 9.62 Å². The average Bonchev–Trinajstić information content (AvgIpc) is 3.03. The number of aliphatic hydroxyl groups is 1. The summed E-state index contributed by atoms with van der Waals surface area (Å²) >= 11 is 0. The molecule has 0 saturated carbocycles. The second kappa shape index (κ2) is 5.92. The monoisotopic (exact) mass is 324 g/mol. The molecule has 3 atom stereocenters. The molecule has 5 nitrogen and oxygen atoms in total.